The molecule has 0 spiro atoms. The van der Waals surface area contributed by atoms with Crippen molar-refractivity contribution in [3.63, 3.8) is 0 Å². The van der Waals surface area contributed by atoms with Crippen LogP contribution in [0.15, 0.2) is 23.3 Å². The highest BCUT2D eigenvalue weighted by atomic mass is 35.5. The number of halogens is 5. The third-order valence-corrected chi connectivity index (χ3v) is 5.67. The number of nitrogens with zero attached hydrogens (tertiary/aromatic N) is 2. The second-order valence-electron chi connectivity index (χ2n) is 7.23. The lowest BCUT2D eigenvalue weighted by atomic mass is 9.76. The summed E-state index contributed by atoms with van der Waals surface area (Å²) in [5.41, 5.74) is -3.21. The number of rotatable bonds is 3. The van der Waals surface area contributed by atoms with Crippen molar-refractivity contribution in [2.75, 3.05) is 0 Å². The van der Waals surface area contributed by atoms with E-state index in [1.54, 1.807) is 0 Å². The minimum Gasteiger partial charge on any atom is -0.479 e. The smallest absolute Gasteiger partial charge is 0.439 e. The highest BCUT2D eigenvalue weighted by molar-refractivity contribution is 6.35. The number of hydrazone groups is 1. The molecule has 0 bridgehead atoms. The number of fused-ring (bicyclic) bond motifs is 1. The molecule has 1 aliphatic carbocycles. The van der Waals surface area contributed by atoms with E-state index >= 15 is 0 Å². The van der Waals surface area contributed by atoms with Crippen molar-refractivity contribution in [2.24, 2.45) is 16.9 Å². The molecule has 0 radical (unpaired) electrons. The summed E-state index contributed by atoms with van der Waals surface area (Å²) in [7, 11) is 0. The average molecular weight is 439 g/mol. The number of alkyl halides is 3. The number of carbonyl (C=O) groups is 1. The van der Waals surface area contributed by atoms with Crippen LogP contribution >= 0.6 is 23.2 Å². The SMILES string of the molecule is C[C@@H]1CCC2=NN(C(=O)[C@H](C)Oc3ccc(Cl)cc3Cl)[C@@](O)(C(F)(F)F)[C@@H]2C1. The lowest BCUT2D eigenvalue weighted by Gasteiger charge is -2.39. The van der Waals surface area contributed by atoms with Crippen molar-refractivity contribution in [3.05, 3.63) is 28.2 Å². The van der Waals surface area contributed by atoms with Crippen LogP contribution in [0.25, 0.3) is 0 Å². The molecule has 5 nitrogen and oxygen atoms in total. The van der Waals surface area contributed by atoms with Crippen molar-refractivity contribution in [1.82, 2.24) is 5.01 Å². The molecule has 1 fully saturated rings. The summed E-state index contributed by atoms with van der Waals surface area (Å²) in [6.07, 6.45) is -5.40. The zero-order valence-corrected chi connectivity index (χ0v) is 16.6. The molecule has 1 N–H and O–H groups in total. The van der Waals surface area contributed by atoms with E-state index in [4.69, 9.17) is 27.9 Å². The lowest BCUT2D eigenvalue weighted by molar-refractivity contribution is -0.318. The molecule has 0 aromatic heterocycles. The zero-order valence-electron chi connectivity index (χ0n) is 15.1. The van der Waals surface area contributed by atoms with E-state index in [-0.39, 0.29) is 33.8 Å². The zero-order chi connectivity index (χ0) is 20.9. The number of ether oxygens (including phenoxy) is 1. The highest BCUT2D eigenvalue weighted by Gasteiger charge is 2.69. The quantitative estimate of drug-likeness (QED) is 0.746. The molecule has 28 heavy (non-hydrogen) atoms. The van der Waals surface area contributed by atoms with E-state index < -0.39 is 29.8 Å². The Kier molecular flexibility index (Phi) is 5.59. The number of amides is 1. The van der Waals surface area contributed by atoms with E-state index in [1.807, 2.05) is 6.92 Å². The summed E-state index contributed by atoms with van der Waals surface area (Å²) < 4.78 is 47.0. The van der Waals surface area contributed by atoms with Gasteiger partial charge in [0.2, 0.25) is 0 Å². The maximum absolute atomic E-state index is 13.9. The second kappa shape index (κ2) is 7.39. The summed E-state index contributed by atoms with van der Waals surface area (Å²) in [6.45, 7) is 3.08. The monoisotopic (exact) mass is 438 g/mol. The molecule has 1 amide bonds. The van der Waals surface area contributed by atoms with Gasteiger partial charge in [0, 0.05) is 10.7 Å². The van der Waals surface area contributed by atoms with Crippen LogP contribution in [0.3, 0.4) is 0 Å². The van der Waals surface area contributed by atoms with Crippen LogP contribution in [0.2, 0.25) is 10.0 Å². The van der Waals surface area contributed by atoms with Crippen LogP contribution < -0.4 is 4.74 Å². The Balaban J connectivity index is 1.89. The molecule has 1 aromatic rings. The maximum Gasteiger partial charge on any atom is 0.439 e. The molecule has 154 valence electrons. The maximum atomic E-state index is 13.9. The molecule has 0 saturated heterocycles. The predicted octanol–water partition coefficient (Wildman–Crippen LogP) is 4.65. The van der Waals surface area contributed by atoms with Crippen LogP contribution in [0.1, 0.15) is 33.1 Å². The number of hydrogen-bond acceptors (Lipinski definition) is 4. The van der Waals surface area contributed by atoms with Gasteiger partial charge in [-0.2, -0.15) is 23.3 Å². The first-order chi connectivity index (χ1) is 12.9. The normalized spacial score (nSPS) is 28.6. The second-order valence-corrected chi connectivity index (χ2v) is 8.08. The lowest BCUT2D eigenvalue weighted by Crippen LogP contribution is -2.63. The Bertz CT molecular complexity index is 818. The molecule has 2 aliphatic rings. The van der Waals surface area contributed by atoms with Crippen molar-refractivity contribution in [2.45, 2.75) is 51.1 Å². The van der Waals surface area contributed by atoms with Crippen LogP contribution in [-0.4, -0.2) is 39.7 Å². The Hall–Kier alpha value is -1.51. The predicted molar refractivity (Wildman–Crippen MR) is 98.3 cm³/mol. The van der Waals surface area contributed by atoms with Gasteiger partial charge in [-0.15, -0.1) is 0 Å². The minimum absolute atomic E-state index is 0.0191. The molecule has 1 aromatic carbocycles. The summed E-state index contributed by atoms with van der Waals surface area (Å²) in [5, 5.41) is 15.1. The Morgan fingerprint density at radius 2 is 2.11 bits per heavy atom. The van der Waals surface area contributed by atoms with Gasteiger partial charge in [-0.1, -0.05) is 30.1 Å². The van der Waals surface area contributed by atoms with Gasteiger partial charge in [-0.05, 0) is 50.3 Å². The summed E-state index contributed by atoms with van der Waals surface area (Å²) in [5.74, 6) is -2.33. The van der Waals surface area contributed by atoms with Gasteiger partial charge < -0.3 is 9.84 Å². The molecule has 1 heterocycles. The van der Waals surface area contributed by atoms with Gasteiger partial charge in [0.05, 0.1) is 10.9 Å². The van der Waals surface area contributed by atoms with Crippen molar-refractivity contribution >= 4 is 34.8 Å². The minimum atomic E-state index is -5.08. The molecule has 1 aliphatic heterocycles. The van der Waals surface area contributed by atoms with Gasteiger partial charge in [-0.25, -0.2) is 0 Å². The first-order valence-electron chi connectivity index (χ1n) is 8.77. The van der Waals surface area contributed by atoms with Crippen molar-refractivity contribution < 1.29 is 27.8 Å². The van der Waals surface area contributed by atoms with Crippen LogP contribution in [0, 0.1) is 11.8 Å². The fraction of sp³-hybridized carbons (Fsp3) is 0.556. The third-order valence-electron chi connectivity index (χ3n) is 5.14. The molecule has 3 rings (SSSR count). The number of benzene rings is 1. The Morgan fingerprint density at radius 1 is 1.43 bits per heavy atom. The van der Waals surface area contributed by atoms with Gasteiger partial charge in [0.1, 0.15) is 5.75 Å². The largest absolute Gasteiger partial charge is 0.479 e. The topological polar surface area (TPSA) is 62.1 Å². The van der Waals surface area contributed by atoms with Crippen molar-refractivity contribution in [3.8, 4) is 5.75 Å². The van der Waals surface area contributed by atoms with Crippen molar-refractivity contribution in [1.29, 1.82) is 0 Å². The first kappa shape index (κ1) is 21.2. The van der Waals surface area contributed by atoms with Gasteiger partial charge in [0.15, 0.2) is 6.10 Å². The Morgan fingerprint density at radius 3 is 2.71 bits per heavy atom. The molecular weight excluding hydrogens is 420 g/mol. The van der Waals surface area contributed by atoms with E-state index in [9.17, 15) is 23.1 Å². The van der Waals surface area contributed by atoms with E-state index in [1.165, 1.54) is 25.1 Å². The molecule has 0 unspecified atom stereocenters. The van der Waals surface area contributed by atoms with Crippen LogP contribution in [0.5, 0.6) is 5.75 Å². The number of hydrogen-bond donors (Lipinski definition) is 1. The van der Waals surface area contributed by atoms with Crippen LogP contribution in [0.4, 0.5) is 13.2 Å². The third kappa shape index (κ3) is 3.57. The molecule has 4 atom stereocenters. The molecule has 10 heteroatoms. The number of carbonyl (C=O) groups excluding carboxylic acids is 1. The highest BCUT2D eigenvalue weighted by Crippen LogP contribution is 2.49. The molecule has 1 saturated carbocycles. The number of aliphatic hydroxyl groups is 1. The van der Waals surface area contributed by atoms with Gasteiger partial charge in [-0.3, -0.25) is 4.79 Å². The first-order valence-corrected chi connectivity index (χ1v) is 9.53. The average Bonchev–Trinajstić information content (AvgIpc) is 2.90. The fourth-order valence-electron chi connectivity index (χ4n) is 3.61. The van der Waals surface area contributed by atoms with E-state index in [0.717, 1.165) is 0 Å². The van der Waals surface area contributed by atoms with Crippen LogP contribution in [-0.2, 0) is 4.79 Å². The summed E-state index contributed by atoms with van der Waals surface area (Å²) in [6, 6.07) is 4.26. The fourth-order valence-corrected chi connectivity index (χ4v) is 4.07. The standard InChI is InChI=1S/C18H19Cl2F3N2O3/c1-9-3-5-14-12(7-9)17(27,18(21,22)23)25(24-14)16(26)10(2)28-15-6-4-11(19)8-13(15)20/h4,6,8-10,12,27H,3,5,7H2,1-2H3/t9-,10+,12-,17+/m1/s1. The van der Waals surface area contributed by atoms with Gasteiger partial charge >= 0.3 is 6.18 Å². The Labute approximate surface area is 170 Å². The van der Waals surface area contributed by atoms with Gasteiger partial charge in [0.25, 0.3) is 11.6 Å². The summed E-state index contributed by atoms with van der Waals surface area (Å²) in [4.78, 5) is 12.8. The molecular formula is C18H19Cl2F3N2O3. The van der Waals surface area contributed by atoms with E-state index in [2.05, 4.69) is 5.10 Å². The van der Waals surface area contributed by atoms with E-state index in [0.29, 0.717) is 17.9 Å². The summed E-state index contributed by atoms with van der Waals surface area (Å²) >= 11 is 11.8.